The third-order valence-electron chi connectivity index (χ3n) is 2.75. The van der Waals surface area contributed by atoms with E-state index in [4.69, 9.17) is 0 Å². The zero-order chi connectivity index (χ0) is 12.7. The second-order valence-corrected chi connectivity index (χ2v) is 6.08. The number of hydrogen-bond acceptors (Lipinski definition) is 2. The monoisotopic (exact) mass is 319 g/mol. The predicted molar refractivity (Wildman–Crippen MR) is 79.9 cm³/mol. The van der Waals surface area contributed by atoms with Crippen molar-refractivity contribution in [1.82, 2.24) is 3.96 Å². The van der Waals surface area contributed by atoms with Gasteiger partial charge in [0.25, 0.3) is 5.56 Å². The van der Waals surface area contributed by atoms with E-state index in [1.807, 2.05) is 49.4 Å². The molecule has 0 amide bonds. The molecule has 90 valence electrons. The van der Waals surface area contributed by atoms with Gasteiger partial charge in [-0.05, 0) is 42.8 Å². The van der Waals surface area contributed by atoms with Crippen molar-refractivity contribution in [3.63, 3.8) is 0 Å². The van der Waals surface area contributed by atoms with Crippen LogP contribution >= 0.6 is 27.5 Å². The van der Waals surface area contributed by atoms with Crippen LogP contribution in [0.4, 0.5) is 0 Å². The minimum atomic E-state index is 0.0492. The highest BCUT2D eigenvalue weighted by Gasteiger charge is 2.09. The maximum absolute atomic E-state index is 12.3. The third kappa shape index (κ3) is 1.91. The molecule has 2 nitrogen and oxygen atoms in total. The van der Waals surface area contributed by atoms with E-state index in [1.165, 1.54) is 11.5 Å². The number of halogens is 1. The molecule has 1 heterocycles. The summed E-state index contributed by atoms with van der Waals surface area (Å²) in [6, 6.07) is 13.7. The van der Waals surface area contributed by atoms with E-state index in [2.05, 4.69) is 15.9 Å². The van der Waals surface area contributed by atoms with Crippen LogP contribution in [0.2, 0.25) is 0 Å². The fourth-order valence-electron chi connectivity index (χ4n) is 1.98. The molecule has 0 radical (unpaired) electrons. The lowest BCUT2D eigenvalue weighted by Gasteiger charge is -2.03. The predicted octanol–water partition coefficient (Wildman–Crippen LogP) is 4.12. The van der Waals surface area contributed by atoms with E-state index in [0.717, 1.165) is 25.8 Å². The Labute approximate surface area is 117 Å². The first kappa shape index (κ1) is 11.7. The van der Waals surface area contributed by atoms with E-state index in [0.29, 0.717) is 0 Å². The zero-order valence-electron chi connectivity index (χ0n) is 9.68. The van der Waals surface area contributed by atoms with Crippen molar-refractivity contribution in [1.29, 1.82) is 0 Å². The molecule has 0 atom stereocenters. The first-order chi connectivity index (χ1) is 8.65. The van der Waals surface area contributed by atoms with Crippen LogP contribution < -0.4 is 5.56 Å². The molecule has 1 aromatic heterocycles. The number of aryl methyl sites for hydroxylation is 1. The number of hydrogen-bond donors (Lipinski definition) is 0. The highest BCUT2D eigenvalue weighted by molar-refractivity contribution is 9.10. The highest BCUT2D eigenvalue weighted by Crippen LogP contribution is 2.23. The van der Waals surface area contributed by atoms with Crippen LogP contribution in [-0.4, -0.2) is 3.96 Å². The molecule has 0 aliphatic rings. The van der Waals surface area contributed by atoms with E-state index >= 15 is 0 Å². The number of aromatic nitrogens is 1. The van der Waals surface area contributed by atoms with Crippen LogP contribution in [0.15, 0.2) is 51.7 Å². The van der Waals surface area contributed by atoms with Crippen LogP contribution in [0.5, 0.6) is 0 Å². The molecule has 3 rings (SSSR count). The average Bonchev–Trinajstić information content (AvgIpc) is 2.66. The number of fused-ring (bicyclic) bond motifs is 1. The van der Waals surface area contributed by atoms with Gasteiger partial charge >= 0.3 is 0 Å². The van der Waals surface area contributed by atoms with Gasteiger partial charge in [0, 0.05) is 4.47 Å². The van der Waals surface area contributed by atoms with Gasteiger partial charge in [0.1, 0.15) is 0 Å². The summed E-state index contributed by atoms with van der Waals surface area (Å²) in [7, 11) is 0. The van der Waals surface area contributed by atoms with Gasteiger partial charge in [-0.1, -0.05) is 39.6 Å². The number of nitrogens with zero attached hydrogens (tertiary/aromatic N) is 1. The van der Waals surface area contributed by atoms with Gasteiger partial charge in [-0.3, -0.25) is 4.79 Å². The lowest BCUT2D eigenvalue weighted by Crippen LogP contribution is -2.10. The van der Waals surface area contributed by atoms with Crippen LogP contribution in [-0.2, 0) is 0 Å². The molecule has 0 aliphatic heterocycles. The molecule has 0 aliphatic carbocycles. The molecule has 0 fully saturated rings. The van der Waals surface area contributed by atoms with Gasteiger partial charge in [-0.25, -0.2) is 3.96 Å². The smallest absolute Gasteiger partial charge is 0.267 e. The van der Waals surface area contributed by atoms with Crippen LogP contribution in [0, 0.1) is 6.92 Å². The molecule has 0 unspecified atom stereocenters. The third-order valence-corrected chi connectivity index (χ3v) is 4.32. The Balaban J connectivity index is 2.31. The molecule has 18 heavy (non-hydrogen) atoms. The van der Waals surface area contributed by atoms with E-state index in [-0.39, 0.29) is 5.56 Å². The molecular formula is C14H10BrNOS. The summed E-state index contributed by atoms with van der Waals surface area (Å²) in [5.74, 6) is 0. The van der Waals surface area contributed by atoms with Crippen LogP contribution in [0.25, 0.3) is 15.8 Å². The van der Waals surface area contributed by atoms with Gasteiger partial charge in [0.15, 0.2) is 0 Å². The van der Waals surface area contributed by atoms with Crippen molar-refractivity contribution in [3.8, 4) is 5.69 Å². The van der Waals surface area contributed by atoms with Crippen molar-refractivity contribution in [2.45, 2.75) is 6.92 Å². The van der Waals surface area contributed by atoms with E-state index in [1.54, 1.807) is 3.96 Å². The maximum atomic E-state index is 12.3. The largest absolute Gasteiger partial charge is 0.273 e. The van der Waals surface area contributed by atoms with Gasteiger partial charge in [0.2, 0.25) is 0 Å². The summed E-state index contributed by atoms with van der Waals surface area (Å²) in [5, 5.41) is 0.778. The summed E-state index contributed by atoms with van der Waals surface area (Å²) in [5.41, 5.74) is 2.09. The topological polar surface area (TPSA) is 22.0 Å². The summed E-state index contributed by atoms with van der Waals surface area (Å²) < 4.78 is 3.74. The standard InChI is InChI=1S/C14H10BrNOS/c1-9-6-10(15)8-11(7-9)16-14(17)12-4-2-3-5-13(12)18-16/h2-8H,1H3. The second-order valence-electron chi connectivity index (χ2n) is 4.17. The Morgan fingerprint density at radius 1 is 1.17 bits per heavy atom. The molecule has 0 bridgehead atoms. The number of rotatable bonds is 1. The SMILES string of the molecule is Cc1cc(Br)cc(-n2sc3ccccc3c2=O)c1. The van der Waals surface area contributed by atoms with E-state index < -0.39 is 0 Å². The van der Waals surface area contributed by atoms with Crippen molar-refractivity contribution < 1.29 is 0 Å². The van der Waals surface area contributed by atoms with Gasteiger partial charge in [-0.2, -0.15) is 0 Å². The molecule has 0 spiro atoms. The highest BCUT2D eigenvalue weighted by atomic mass is 79.9. The Morgan fingerprint density at radius 3 is 2.67 bits per heavy atom. The fraction of sp³-hybridized carbons (Fsp3) is 0.0714. The molecule has 0 N–H and O–H groups in total. The molecule has 0 saturated carbocycles. The Bertz CT molecular complexity index is 768. The van der Waals surface area contributed by atoms with E-state index in [9.17, 15) is 4.79 Å². The normalized spacial score (nSPS) is 11.0. The molecule has 3 aromatic rings. The van der Waals surface area contributed by atoms with Crippen molar-refractivity contribution in [2.75, 3.05) is 0 Å². The van der Waals surface area contributed by atoms with Crippen LogP contribution in [0.3, 0.4) is 0 Å². The zero-order valence-corrected chi connectivity index (χ0v) is 12.1. The van der Waals surface area contributed by atoms with Gasteiger partial charge < -0.3 is 0 Å². The van der Waals surface area contributed by atoms with Crippen molar-refractivity contribution in [3.05, 3.63) is 62.9 Å². The minimum absolute atomic E-state index is 0.0492. The van der Waals surface area contributed by atoms with Crippen molar-refractivity contribution in [2.24, 2.45) is 0 Å². The Morgan fingerprint density at radius 2 is 1.94 bits per heavy atom. The lowest BCUT2D eigenvalue weighted by atomic mass is 10.2. The fourth-order valence-corrected chi connectivity index (χ4v) is 3.55. The molecule has 0 saturated heterocycles. The van der Waals surface area contributed by atoms with Gasteiger partial charge in [0.05, 0.1) is 15.8 Å². The lowest BCUT2D eigenvalue weighted by molar-refractivity contribution is 1.13. The molecule has 4 heteroatoms. The molecule has 2 aromatic carbocycles. The first-order valence-corrected chi connectivity index (χ1v) is 7.10. The quantitative estimate of drug-likeness (QED) is 0.661. The summed E-state index contributed by atoms with van der Waals surface area (Å²) >= 11 is 4.95. The Kier molecular flexibility index (Phi) is 2.84. The minimum Gasteiger partial charge on any atom is -0.267 e. The summed E-state index contributed by atoms with van der Waals surface area (Å²) in [6.07, 6.45) is 0. The van der Waals surface area contributed by atoms with Crippen molar-refractivity contribution >= 4 is 37.5 Å². The van der Waals surface area contributed by atoms with Gasteiger partial charge in [-0.15, -0.1) is 0 Å². The average molecular weight is 320 g/mol. The second kappa shape index (κ2) is 4.37. The molecular weight excluding hydrogens is 310 g/mol. The maximum Gasteiger partial charge on any atom is 0.273 e. The summed E-state index contributed by atoms with van der Waals surface area (Å²) in [6.45, 7) is 2.02. The Hall–Kier alpha value is -1.39. The van der Waals surface area contributed by atoms with Crippen LogP contribution in [0.1, 0.15) is 5.56 Å². The number of benzene rings is 2. The summed E-state index contributed by atoms with van der Waals surface area (Å²) in [4.78, 5) is 12.3. The first-order valence-electron chi connectivity index (χ1n) is 5.54.